The molecule has 0 spiro atoms. The van der Waals surface area contributed by atoms with Crippen LogP contribution in [-0.2, 0) is 11.2 Å². The summed E-state index contributed by atoms with van der Waals surface area (Å²) >= 11 is 1.74. The van der Waals surface area contributed by atoms with Gasteiger partial charge < -0.3 is 10.1 Å². The number of ether oxygens (including phenoxy) is 1. The van der Waals surface area contributed by atoms with Crippen LogP contribution in [0.25, 0.3) is 5.65 Å². The predicted molar refractivity (Wildman–Crippen MR) is 104 cm³/mol. The zero-order chi connectivity index (χ0) is 18.4. The number of aromatic nitrogens is 3. The van der Waals surface area contributed by atoms with E-state index in [9.17, 15) is 4.79 Å². The molecule has 3 rings (SSSR count). The fourth-order valence-corrected chi connectivity index (χ4v) is 3.34. The molecule has 2 heterocycles. The zero-order valence-electron chi connectivity index (χ0n) is 14.9. The highest BCUT2D eigenvalue weighted by molar-refractivity contribution is 7.98. The van der Waals surface area contributed by atoms with E-state index in [1.165, 1.54) is 0 Å². The lowest BCUT2D eigenvalue weighted by molar-refractivity contribution is -0.121. The lowest BCUT2D eigenvalue weighted by Gasteiger charge is -2.17. The molecule has 0 saturated heterocycles. The van der Waals surface area contributed by atoms with E-state index in [2.05, 4.69) is 21.8 Å². The van der Waals surface area contributed by atoms with Crippen LogP contribution < -0.4 is 10.1 Å². The monoisotopic (exact) mass is 370 g/mol. The van der Waals surface area contributed by atoms with Gasteiger partial charge in [0.15, 0.2) is 11.5 Å². The number of hydrogen-bond donors (Lipinski definition) is 1. The summed E-state index contributed by atoms with van der Waals surface area (Å²) in [6.07, 6.45) is 5.02. The van der Waals surface area contributed by atoms with Crippen molar-refractivity contribution in [2.45, 2.75) is 18.9 Å². The summed E-state index contributed by atoms with van der Waals surface area (Å²) in [6, 6.07) is 13.1. The van der Waals surface area contributed by atoms with Crippen molar-refractivity contribution in [3.05, 3.63) is 60.0 Å². The molecule has 1 atom stereocenters. The molecular weight excluding hydrogens is 348 g/mol. The van der Waals surface area contributed by atoms with Crippen molar-refractivity contribution in [2.75, 3.05) is 19.1 Å². The Labute approximate surface area is 157 Å². The fraction of sp³-hybridized carbons (Fsp3) is 0.316. The molecule has 0 radical (unpaired) electrons. The number of methoxy groups -OCH3 is 1. The molecule has 0 aliphatic carbocycles. The van der Waals surface area contributed by atoms with Crippen LogP contribution in [0.4, 0.5) is 0 Å². The van der Waals surface area contributed by atoms with E-state index in [0.29, 0.717) is 0 Å². The number of nitrogens with one attached hydrogen (secondary N) is 1. The van der Waals surface area contributed by atoms with Gasteiger partial charge in [-0.05, 0) is 36.6 Å². The van der Waals surface area contributed by atoms with Gasteiger partial charge in [0.2, 0.25) is 5.91 Å². The molecule has 0 unspecified atom stereocenters. The van der Waals surface area contributed by atoms with Crippen LogP contribution in [0.5, 0.6) is 5.75 Å². The molecule has 2 aromatic heterocycles. The molecule has 3 aromatic rings. The average Bonchev–Trinajstić information content (AvgIpc) is 3.09. The van der Waals surface area contributed by atoms with Crippen LogP contribution in [0.3, 0.4) is 0 Å². The van der Waals surface area contributed by atoms with Gasteiger partial charge in [0.25, 0.3) is 0 Å². The maximum absolute atomic E-state index is 12.7. The maximum atomic E-state index is 12.7. The number of benzene rings is 1. The number of amides is 1. The Morgan fingerprint density at radius 2 is 2.04 bits per heavy atom. The summed E-state index contributed by atoms with van der Waals surface area (Å²) < 4.78 is 7.26. The minimum Gasteiger partial charge on any atom is -0.496 e. The van der Waals surface area contributed by atoms with Crippen molar-refractivity contribution in [2.24, 2.45) is 0 Å². The van der Waals surface area contributed by atoms with Crippen LogP contribution in [0, 0.1) is 0 Å². The van der Waals surface area contributed by atoms with Gasteiger partial charge in [0, 0.05) is 11.8 Å². The standard InChI is InChI=1S/C19H22N4O2S/c1-25-16-8-4-3-7-14(16)13-18(24)20-15(10-12-26-2)19-22-21-17-9-5-6-11-23(17)19/h3-9,11,15H,10,12-13H2,1-2H3,(H,20,24)/t15-/m1/s1. The Morgan fingerprint density at radius 1 is 1.23 bits per heavy atom. The molecular formula is C19H22N4O2S. The molecule has 136 valence electrons. The third kappa shape index (κ3) is 4.16. The molecule has 26 heavy (non-hydrogen) atoms. The van der Waals surface area contributed by atoms with Crippen molar-refractivity contribution >= 4 is 23.3 Å². The largest absolute Gasteiger partial charge is 0.496 e. The number of rotatable bonds is 8. The molecule has 0 aliphatic heterocycles. The van der Waals surface area contributed by atoms with E-state index in [4.69, 9.17) is 4.74 Å². The summed E-state index contributed by atoms with van der Waals surface area (Å²) in [6.45, 7) is 0. The molecule has 1 amide bonds. The molecule has 6 nitrogen and oxygen atoms in total. The average molecular weight is 370 g/mol. The van der Waals surface area contributed by atoms with Crippen LogP contribution >= 0.6 is 11.8 Å². The first-order valence-corrected chi connectivity index (χ1v) is 9.82. The van der Waals surface area contributed by atoms with E-state index >= 15 is 0 Å². The minimum atomic E-state index is -0.193. The number of pyridine rings is 1. The topological polar surface area (TPSA) is 68.5 Å². The molecule has 7 heteroatoms. The van der Waals surface area contributed by atoms with Gasteiger partial charge in [-0.2, -0.15) is 11.8 Å². The smallest absolute Gasteiger partial charge is 0.225 e. The highest BCUT2D eigenvalue weighted by Gasteiger charge is 2.20. The third-order valence-corrected chi connectivity index (χ3v) is 4.79. The number of para-hydroxylation sites is 1. The normalized spacial score (nSPS) is 12.1. The second-order valence-electron chi connectivity index (χ2n) is 5.88. The molecule has 1 N–H and O–H groups in total. The fourth-order valence-electron chi connectivity index (χ4n) is 2.87. The Balaban J connectivity index is 1.79. The lowest BCUT2D eigenvalue weighted by atomic mass is 10.1. The van der Waals surface area contributed by atoms with E-state index in [0.717, 1.165) is 35.0 Å². The highest BCUT2D eigenvalue weighted by Crippen LogP contribution is 2.21. The quantitative estimate of drug-likeness (QED) is 0.660. The van der Waals surface area contributed by atoms with Gasteiger partial charge in [0.1, 0.15) is 5.75 Å². The van der Waals surface area contributed by atoms with Gasteiger partial charge in [0.05, 0.1) is 19.6 Å². The van der Waals surface area contributed by atoms with Crippen molar-refractivity contribution in [3.63, 3.8) is 0 Å². The van der Waals surface area contributed by atoms with Gasteiger partial charge in [-0.15, -0.1) is 10.2 Å². The van der Waals surface area contributed by atoms with Gasteiger partial charge in [-0.1, -0.05) is 24.3 Å². The summed E-state index contributed by atoms with van der Waals surface area (Å²) in [4.78, 5) is 12.7. The number of carbonyl (C=O) groups is 1. The Hall–Kier alpha value is -2.54. The van der Waals surface area contributed by atoms with Crippen molar-refractivity contribution in [3.8, 4) is 5.75 Å². The first kappa shape index (κ1) is 18.3. The SMILES string of the molecule is COc1ccccc1CC(=O)N[C@H](CCSC)c1nnc2ccccn12. The molecule has 1 aromatic carbocycles. The summed E-state index contributed by atoms with van der Waals surface area (Å²) in [5.74, 6) is 2.33. The van der Waals surface area contributed by atoms with E-state index in [1.807, 2.05) is 53.1 Å². The van der Waals surface area contributed by atoms with Crippen LogP contribution in [0.2, 0.25) is 0 Å². The number of fused-ring (bicyclic) bond motifs is 1. The second-order valence-corrected chi connectivity index (χ2v) is 6.86. The summed E-state index contributed by atoms with van der Waals surface area (Å²) in [5.41, 5.74) is 1.64. The second kappa shape index (κ2) is 8.71. The lowest BCUT2D eigenvalue weighted by Crippen LogP contribution is -2.31. The Kier molecular flexibility index (Phi) is 6.12. The Morgan fingerprint density at radius 3 is 2.85 bits per heavy atom. The molecule has 0 fully saturated rings. The van der Waals surface area contributed by atoms with E-state index in [-0.39, 0.29) is 18.4 Å². The van der Waals surface area contributed by atoms with E-state index < -0.39 is 0 Å². The maximum Gasteiger partial charge on any atom is 0.225 e. The third-order valence-electron chi connectivity index (χ3n) is 4.14. The van der Waals surface area contributed by atoms with E-state index in [1.54, 1.807) is 18.9 Å². The molecule has 0 aliphatic rings. The van der Waals surface area contributed by atoms with Gasteiger partial charge >= 0.3 is 0 Å². The number of hydrogen-bond acceptors (Lipinski definition) is 5. The predicted octanol–water partition coefficient (Wildman–Crippen LogP) is 2.89. The first-order chi connectivity index (χ1) is 12.7. The molecule has 0 bridgehead atoms. The molecule has 0 saturated carbocycles. The number of nitrogens with zero attached hydrogens (tertiary/aromatic N) is 3. The van der Waals surface area contributed by atoms with Crippen LogP contribution in [0.1, 0.15) is 23.9 Å². The number of carbonyl (C=O) groups excluding carboxylic acids is 1. The minimum absolute atomic E-state index is 0.0618. The summed E-state index contributed by atoms with van der Waals surface area (Å²) in [7, 11) is 1.61. The van der Waals surface area contributed by atoms with Gasteiger partial charge in [-0.3, -0.25) is 9.20 Å². The zero-order valence-corrected chi connectivity index (χ0v) is 15.7. The first-order valence-electron chi connectivity index (χ1n) is 8.42. The Bertz CT molecular complexity index is 881. The van der Waals surface area contributed by atoms with Crippen molar-refractivity contribution in [1.82, 2.24) is 19.9 Å². The summed E-state index contributed by atoms with van der Waals surface area (Å²) in [5, 5.41) is 11.6. The van der Waals surface area contributed by atoms with Crippen LogP contribution in [-0.4, -0.2) is 39.6 Å². The highest BCUT2D eigenvalue weighted by atomic mass is 32.2. The van der Waals surface area contributed by atoms with Gasteiger partial charge in [-0.25, -0.2) is 0 Å². The van der Waals surface area contributed by atoms with Crippen LogP contribution in [0.15, 0.2) is 48.7 Å². The number of thioether (sulfide) groups is 1. The van der Waals surface area contributed by atoms with Crippen molar-refractivity contribution < 1.29 is 9.53 Å². The van der Waals surface area contributed by atoms with Crippen molar-refractivity contribution in [1.29, 1.82) is 0 Å².